The number of benzene rings is 9. The Morgan fingerprint density at radius 3 is 1.65 bits per heavy atom. The average Bonchev–Trinajstić information content (AvgIpc) is 3.63. The van der Waals surface area contributed by atoms with Crippen LogP contribution in [-0.2, 0) is 0 Å². The molecular formula is C58H43NO. The molecule has 1 aromatic heterocycles. The Morgan fingerprint density at radius 1 is 0.400 bits per heavy atom. The van der Waals surface area contributed by atoms with Crippen LogP contribution >= 0.6 is 0 Å². The second-order valence-corrected chi connectivity index (χ2v) is 16.4. The number of aliphatic imine (C=N–C) groups is 1. The van der Waals surface area contributed by atoms with E-state index in [1.807, 2.05) is 0 Å². The second-order valence-electron chi connectivity index (χ2n) is 16.4. The number of furan rings is 1. The van der Waals surface area contributed by atoms with Crippen LogP contribution in [0, 0.1) is 13.8 Å². The number of nitrogens with zero attached hydrogens (tertiary/aromatic N) is 1. The summed E-state index contributed by atoms with van der Waals surface area (Å²) >= 11 is 0. The Labute approximate surface area is 350 Å². The van der Waals surface area contributed by atoms with Crippen molar-refractivity contribution in [3.8, 4) is 22.3 Å². The summed E-state index contributed by atoms with van der Waals surface area (Å²) in [6.07, 6.45) is 0.743. The van der Waals surface area contributed by atoms with Crippen molar-refractivity contribution in [2.45, 2.75) is 34.1 Å². The Bertz CT molecular complexity index is 3450. The normalized spacial score (nSPS) is 13.6. The largest absolute Gasteiger partial charge is 0.456 e. The van der Waals surface area contributed by atoms with Crippen molar-refractivity contribution >= 4 is 71.2 Å². The Hall–Kier alpha value is -7.29. The average molecular weight is 770 g/mol. The molecule has 0 amide bonds. The number of allylic oxidation sites excluding steroid dienone is 3. The summed E-state index contributed by atoms with van der Waals surface area (Å²) in [4.78, 5) is 5.67. The van der Waals surface area contributed by atoms with E-state index < -0.39 is 0 Å². The minimum atomic E-state index is 0.743. The van der Waals surface area contributed by atoms with Gasteiger partial charge in [0.15, 0.2) is 0 Å². The van der Waals surface area contributed by atoms with Gasteiger partial charge >= 0.3 is 0 Å². The van der Waals surface area contributed by atoms with Crippen LogP contribution < -0.4 is 0 Å². The van der Waals surface area contributed by atoms with E-state index in [4.69, 9.17) is 9.41 Å². The molecule has 2 heterocycles. The molecule has 0 atom stereocenters. The van der Waals surface area contributed by atoms with Crippen LogP contribution in [0.5, 0.6) is 0 Å². The molecule has 0 spiro atoms. The molecule has 11 rings (SSSR count). The zero-order chi connectivity index (χ0) is 40.5. The fraction of sp³-hybridized carbons (Fsp3) is 0.0862. The van der Waals surface area contributed by atoms with E-state index in [1.54, 1.807) is 0 Å². The van der Waals surface area contributed by atoms with Crippen molar-refractivity contribution in [1.29, 1.82) is 0 Å². The van der Waals surface area contributed by atoms with Gasteiger partial charge in [0, 0.05) is 21.9 Å². The Morgan fingerprint density at radius 2 is 0.950 bits per heavy atom. The monoisotopic (exact) mass is 769 g/mol. The molecule has 0 saturated heterocycles. The third-order valence-electron chi connectivity index (χ3n) is 12.8. The standard InChI is InChI=1S/C58H43NO/c1-35-16-8-9-19-42(35)50-33-40(29-28-36(50)2)43-24-14-26-53-55(43)56-49(25-15-27-54(56)60-53)51-32-37(3)57(59-58(38(51)4)39-17-6-5-7-18-39)41-30-31-48-46-22-11-10-20-44(46)45-21-12-13-23-47(45)52(48)34-41/h5-31,33-34H,32H2,1-4H3. The first-order chi connectivity index (χ1) is 29.4. The van der Waals surface area contributed by atoms with E-state index in [0.717, 1.165) is 50.9 Å². The third kappa shape index (κ3) is 5.74. The van der Waals surface area contributed by atoms with Gasteiger partial charge in [-0.15, -0.1) is 0 Å². The zero-order valence-corrected chi connectivity index (χ0v) is 34.3. The molecule has 0 bridgehead atoms. The van der Waals surface area contributed by atoms with Gasteiger partial charge in [0.25, 0.3) is 0 Å². The summed E-state index contributed by atoms with van der Waals surface area (Å²) in [5, 5.41) is 9.88. The van der Waals surface area contributed by atoms with E-state index >= 15 is 0 Å². The lowest BCUT2D eigenvalue weighted by atomic mass is 9.87. The Kier molecular flexibility index (Phi) is 8.49. The number of hydrogen-bond acceptors (Lipinski definition) is 2. The predicted octanol–water partition coefficient (Wildman–Crippen LogP) is 16.1. The van der Waals surface area contributed by atoms with Crippen molar-refractivity contribution in [2.24, 2.45) is 4.99 Å². The van der Waals surface area contributed by atoms with Crippen LogP contribution in [0.25, 0.3) is 87.8 Å². The van der Waals surface area contributed by atoms with E-state index in [1.165, 1.54) is 88.0 Å². The first-order valence-corrected chi connectivity index (χ1v) is 20.9. The molecule has 2 heteroatoms. The summed E-state index contributed by atoms with van der Waals surface area (Å²) in [5.74, 6) is 0. The number of aryl methyl sites for hydroxylation is 2. The molecule has 1 aliphatic heterocycles. The zero-order valence-electron chi connectivity index (χ0n) is 34.3. The van der Waals surface area contributed by atoms with E-state index in [0.29, 0.717) is 0 Å². The van der Waals surface area contributed by atoms with Gasteiger partial charge in [-0.1, -0.05) is 152 Å². The van der Waals surface area contributed by atoms with Crippen molar-refractivity contribution < 1.29 is 4.42 Å². The van der Waals surface area contributed by atoms with Gasteiger partial charge in [0.1, 0.15) is 11.2 Å². The van der Waals surface area contributed by atoms with Crippen LogP contribution in [0.2, 0.25) is 0 Å². The quantitative estimate of drug-likeness (QED) is 0.160. The SMILES string of the molecule is CC1=C(c2ccc3c4ccccc4c4ccccc4c3c2)N=C(c2ccccc2)C(C)=C(c2cccc3oc4cccc(-c5ccc(C)c(-c6ccccc6C)c5)c4c23)C1. The van der Waals surface area contributed by atoms with Gasteiger partial charge in [0.05, 0.1) is 11.4 Å². The van der Waals surface area contributed by atoms with Crippen LogP contribution in [0.4, 0.5) is 0 Å². The van der Waals surface area contributed by atoms with Crippen molar-refractivity contribution in [3.05, 3.63) is 215 Å². The fourth-order valence-electron chi connectivity index (χ4n) is 9.77. The maximum Gasteiger partial charge on any atom is 0.136 e. The molecule has 286 valence electrons. The number of rotatable bonds is 5. The molecule has 0 aliphatic carbocycles. The molecule has 0 N–H and O–H groups in total. The molecular weight excluding hydrogens is 727 g/mol. The summed E-state index contributed by atoms with van der Waals surface area (Å²) in [7, 11) is 0. The lowest BCUT2D eigenvalue weighted by molar-refractivity contribution is 0.669. The van der Waals surface area contributed by atoms with E-state index in [-0.39, 0.29) is 0 Å². The molecule has 0 fully saturated rings. The van der Waals surface area contributed by atoms with Gasteiger partial charge in [-0.05, 0) is 146 Å². The molecule has 60 heavy (non-hydrogen) atoms. The number of fused-ring (bicyclic) bond motifs is 9. The first-order valence-electron chi connectivity index (χ1n) is 20.9. The van der Waals surface area contributed by atoms with E-state index in [9.17, 15) is 0 Å². The maximum atomic E-state index is 6.74. The molecule has 1 aliphatic rings. The van der Waals surface area contributed by atoms with Gasteiger partial charge in [-0.2, -0.15) is 0 Å². The number of hydrogen-bond donors (Lipinski definition) is 0. The lowest BCUT2D eigenvalue weighted by Crippen LogP contribution is -2.05. The summed E-state index contributed by atoms with van der Waals surface area (Å²) in [6.45, 7) is 8.92. The highest BCUT2D eigenvalue weighted by atomic mass is 16.3. The smallest absolute Gasteiger partial charge is 0.136 e. The topological polar surface area (TPSA) is 25.5 Å². The maximum absolute atomic E-state index is 6.74. The van der Waals surface area contributed by atoms with Gasteiger partial charge in [-0.25, -0.2) is 4.99 Å². The molecule has 9 aromatic carbocycles. The highest BCUT2D eigenvalue weighted by Gasteiger charge is 2.25. The summed E-state index contributed by atoms with van der Waals surface area (Å²) in [5.41, 5.74) is 18.3. The molecule has 0 saturated carbocycles. The van der Waals surface area contributed by atoms with Crippen LogP contribution in [0.1, 0.15) is 48.1 Å². The van der Waals surface area contributed by atoms with Crippen LogP contribution in [0.15, 0.2) is 196 Å². The lowest BCUT2D eigenvalue weighted by Gasteiger charge is -2.15. The highest BCUT2D eigenvalue weighted by molar-refractivity contribution is 6.26. The van der Waals surface area contributed by atoms with Crippen molar-refractivity contribution in [3.63, 3.8) is 0 Å². The van der Waals surface area contributed by atoms with Gasteiger partial charge in [0.2, 0.25) is 0 Å². The first kappa shape index (κ1) is 35.8. The fourth-order valence-corrected chi connectivity index (χ4v) is 9.77. The predicted molar refractivity (Wildman–Crippen MR) is 256 cm³/mol. The minimum Gasteiger partial charge on any atom is -0.456 e. The van der Waals surface area contributed by atoms with Crippen LogP contribution in [0.3, 0.4) is 0 Å². The molecule has 2 nitrogen and oxygen atoms in total. The Balaban J connectivity index is 1.13. The van der Waals surface area contributed by atoms with Crippen molar-refractivity contribution in [2.75, 3.05) is 0 Å². The summed E-state index contributed by atoms with van der Waals surface area (Å²) in [6, 6.07) is 63.8. The third-order valence-corrected chi connectivity index (χ3v) is 12.8. The molecule has 10 aromatic rings. The highest BCUT2D eigenvalue weighted by Crippen LogP contribution is 2.45. The van der Waals surface area contributed by atoms with Crippen molar-refractivity contribution in [1.82, 2.24) is 0 Å². The summed E-state index contributed by atoms with van der Waals surface area (Å²) < 4.78 is 6.74. The van der Waals surface area contributed by atoms with E-state index in [2.05, 4.69) is 204 Å². The minimum absolute atomic E-state index is 0.743. The molecule has 0 unspecified atom stereocenters. The van der Waals surface area contributed by atoms with Gasteiger partial charge < -0.3 is 4.42 Å². The second kappa shape index (κ2) is 14.2. The molecule has 0 radical (unpaired) electrons. The van der Waals surface area contributed by atoms with Gasteiger partial charge in [-0.3, -0.25) is 0 Å². The van der Waals surface area contributed by atoms with Crippen LogP contribution in [-0.4, -0.2) is 5.71 Å².